The Labute approximate surface area is 215 Å². The van der Waals surface area contributed by atoms with E-state index in [1.54, 1.807) is 11.0 Å². The summed E-state index contributed by atoms with van der Waals surface area (Å²) in [6.07, 6.45) is 3.76. The number of aromatic nitrogens is 3. The molecule has 0 unspecified atom stereocenters. The fraction of sp³-hybridized carbons (Fsp3) is 0.417. The summed E-state index contributed by atoms with van der Waals surface area (Å²) in [6, 6.07) is 5.05. The first kappa shape index (κ1) is 25.9. The molecule has 192 valence electrons. The van der Waals surface area contributed by atoms with Crippen molar-refractivity contribution in [3.05, 3.63) is 35.7 Å². The Hall–Kier alpha value is -3.18. The third kappa shape index (κ3) is 5.46. The van der Waals surface area contributed by atoms with Crippen LogP contribution in [0.5, 0.6) is 5.88 Å². The minimum absolute atomic E-state index is 0.0186. The van der Waals surface area contributed by atoms with Gasteiger partial charge in [-0.2, -0.15) is 0 Å². The molecule has 12 heteroatoms. The molecule has 36 heavy (non-hydrogen) atoms. The monoisotopic (exact) mass is 533 g/mol. The van der Waals surface area contributed by atoms with Crippen molar-refractivity contribution >= 4 is 44.3 Å². The quantitative estimate of drug-likeness (QED) is 0.493. The number of methoxy groups -OCH3 is 1. The maximum absolute atomic E-state index is 12.4. The number of nitrogens with zero attached hydrogens (tertiary/aromatic N) is 5. The van der Waals surface area contributed by atoms with E-state index in [0.717, 1.165) is 11.6 Å². The van der Waals surface area contributed by atoms with Gasteiger partial charge in [0.25, 0.3) is 0 Å². The molecule has 0 spiro atoms. The van der Waals surface area contributed by atoms with Gasteiger partial charge in [0.2, 0.25) is 5.88 Å². The van der Waals surface area contributed by atoms with Crippen molar-refractivity contribution in [3.63, 3.8) is 0 Å². The van der Waals surface area contributed by atoms with Crippen LogP contribution >= 0.6 is 11.6 Å². The van der Waals surface area contributed by atoms with E-state index in [1.807, 2.05) is 26.8 Å². The number of ether oxygens (including phenoxy) is 2. The highest BCUT2D eigenvalue weighted by Crippen LogP contribution is 2.36. The lowest BCUT2D eigenvalue weighted by molar-refractivity contribution is 0.0240. The lowest BCUT2D eigenvalue weighted by Gasteiger charge is -2.36. The van der Waals surface area contributed by atoms with E-state index in [0.29, 0.717) is 53.7 Å². The van der Waals surface area contributed by atoms with Crippen molar-refractivity contribution in [1.82, 2.24) is 19.9 Å². The number of anilines is 1. The van der Waals surface area contributed by atoms with Crippen molar-refractivity contribution in [2.45, 2.75) is 31.3 Å². The van der Waals surface area contributed by atoms with Crippen LogP contribution in [-0.4, -0.2) is 79.5 Å². The maximum Gasteiger partial charge on any atom is 0.410 e. The van der Waals surface area contributed by atoms with Crippen molar-refractivity contribution in [1.29, 1.82) is 0 Å². The van der Waals surface area contributed by atoms with Crippen LogP contribution < -0.4 is 9.64 Å². The summed E-state index contributed by atoms with van der Waals surface area (Å²) in [5.74, 6) is 0.719. The molecule has 10 nitrogen and oxygen atoms in total. The van der Waals surface area contributed by atoms with Crippen LogP contribution in [0, 0.1) is 0 Å². The Morgan fingerprint density at radius 3 is 2.36 bits per heavy atom. The molecule has 1 aromatic carbocycles. The summed E-state index contributed by atoms with van der Waals surface area (Å²) in [5.41, 5.74) is 1.20. The molecular formula is C24H28ClN5O5S. The predicted molar refractivity (Wildman–Crippen MR) is 137 cm³/mol. The number of fused-ring (bicyclic) bond motifs is 1. The highest BCUT2D eigenvalue weighted by atomic mass is 35.5. The van der Waals surface area contributed by atoms with Crippen LogP contribution in [-0.2, 0) is 14.6 Å². The third-order valence-electron chi connectivity index (χ3n) is 5.66. The summed E-state index contributed by atoms with van der Waals surface area (Å²) in [5, 5.41) is 1.15. The van der Waals surface area contributed by atoms with E-state index in [4.69, 9.17) is 21.1 Å². The van der Waals surface area contributed by atoms with Gasteiger partial charge < -0.3 is 19.3 Å². The number of hydrogen-bond donors (Lipinski definition) is 0. The molecule has 1 amide bonds. The van der Waals surface area contributed by atoms with Crippen molar-refractivity contribution < 1.29 is 22.7 Å². The topological polar surface area (TPSA) is 115 Å². The summed E-state index contributed by atoms with van der Waals surface area (Å²) >= 11 is 6.58. The zero-order valence-corrected chi connectivity index (χ0v) is 22.4. The fourth-order valence-electron chi connectivity index (χ4n) is 3.96. The molecule has 1 aliphatic rings. The zero-order chi connectivity index (χ0) is 26.3. The van der Waals surface area contributed by atoms with Gasteiger partial charge in [-0.15, -0.1) is 0 Å². The van der Waals surface area contributed by atoms with Crippen molar-refractivity contribution in [2.75, 3.05) is 44.4 Å². The molecule has 0 saturated carbocycles. The van der Waals surface area contributed by atoms with Crippen LogP contribution in [0.15, 0.2) is 35.6 Å². The Bertz CT molecular complexity index is 1420. The normalized spacial score (nSPS) is 14.7. The lowest BCUT2D eigenvalue weighted by atomic mass is 10.0. The smallest absolute Gasteiger partial charge is 0.410 e. The molecule has 4 rings (SSSR count). The van der Waals surface area contributed by atoms with E-state index >= 15 is 0 Å². The van der Waals surface area contributed by atoms with Gasteiger partial charge in [0.15, 0.2) is 9.84 Å². The summed E-state index contributed by atoms with van der Waals surface area (Å²) in [4.78, 5) is 29.2. The molecule has 1 fully saturated rings. The van der Waals surface area contributed by atoms with E-state index in [9.17, 15) is 13.2 Å². The molecule has 3 heterocycles. The second kappa shape index (κ2) is 9.70. The highest BCUT2D eigenvalue weighted by Gasteiger charge is 2.27. The molecular weight excluding hydrogens is 506 g/mol. The average Bonchev–Trinajstić information content (AvgIpc) is 2.81. The first-order valence-corrected chi connectivity index (χ1v) is 13.6. The summed E-state index contributed by atoms with van der Waals surface area (Å²) < 4.78 is 35.2. The van der Waals surface area contributed by atoms with Gasteiger partial charge in [0.1, 0.15) is 22.6 Å². The van der Waals surface area contributed by atoms with Gasteiger partial charge in [0.05, 0.1) is 17.6 Å². The lowest BCUT2D eigenvalue weighted by Crippen LogP contribution is -2.50. The van der Waals surface area contributed by atoms with E-state index < -0.39 is 15.4 Å². The molecule has 1 aliphatic heterocycles. The Balaban J connectivity index is 1.68. The molecule has 2 aromatic heterocycles. The standard InChI is InChI=1S/C24H28ClN5O5S/c1-24(2,3)35-23(31)30-8-6-29(7-9-30)21-17-11-16(18(25)12-19(17)27-14-28-21)15-10-20(36(5,32)33)22(34-4)26-13-15/h10-14H,6-9H2,1-5H3. The van der Waals surface area contributed by atoms with Crippen molar-refractivity contribution in [2.24, 2.45) is 0 Å². The minimum Gasteiger partial charge on any atom is -0.480 e. The number of sulfone groups is 1. The van der Waals surface area contributed by atoms with Gasteiger partial charge in [-0.3, -0.25) is 0 Å². The number of amides is 1. The molecule has 3 aromatic rings. The number of piperazine rings is 1. The molecule has 0 radical (unpaired) electrons. The molecule has 0 N–H and O–H groups in total. The first-order valence-electron chi connectivity index (χ1n) is 11.3. The summed E-state index contributed by atoms with van der Waals surface area (Å²) in [7, 11) is -2.22. The average molecular weight is 534 g/mol. The number of rotatable bonds is 4. The highest BCUT2D eigenvalue weighted by molar-refractivity contribution is 7.90. The first-order chi connectivity index (χ1) is 16.9. The van der Waals surface area contributed by atoms with Crippen LogP contribution in [0.1, 0.15) is 20.8 Å². The number of halogens is 1. The van der Waals surface area contributed by atoms with Gasteiger partial charge in [-0.1, -0.05) is 11.6 Å². The molecule has 0 atom stereocenters. The Morgan fingerprint density at radius 2 is 1.75 bits per heavy atom. The van der Waals surface area contributed by atoms with Gasteiger partial charge in [-0.25, -0.2) is 28.2 Å². The number of carbonyl (C=O) groups excluding carboxylic acids is 1. The zero-order valence-electron chi connectivity index (χ0n) is 20.8. The number of carbonyl (C=O) groups is 1. The van der Waals surface area contributed by atoms with Gasteiger partial charge in [-0.05, 0) is 39.0 Å². The Morgan fingerprint density at radius 1 is 1.06 bits per heavy atom. The SMILES string of the molecule is COc1ncc(-c2cc3c(N4CCN(C(=O)OC(C)(C)C)CC4)ncnc3cc2Cl)cc1S(C)(=O)=O. The largest absolute Gasteiger partial charge is 0.480 e. The maximum atomic E-state index is 12.4. The van der Waals surface area contributed by atoms with Gasteiger partial charge >= 0.3 is 6.09 Å². The summed E-state index contributed by atoms with van der Waals surface area (Å²) in [6.45, 7) is 7.62. The van der Waals surface area contributed by atoms with E-state index in [1.165, 1.54) is 25.7 Å². The number of benzene rings is 1. The molecule has 1 saturated heterocycles. The fourth-order valence-corrected chi connectivity index (χ4v) is 5.02. The second-order valence-corrected chi connectivity index (χ2v) is 11.9. The molecule has 0 bridgehead atoms. The van der Waals surface area contributed by atoms with Crippen LogP contribution in [0.2, 0.25) is 5.02 Å². The number of pyridine rings is 1. The minimum atomic E-state index is -3.59. The van der Waals surface area contributed by atoms with Gasteiger partial charge in [0, 0.05) is 55.1 Å². The third-order valence-corrected chi connectivity index (χ3v) is 7.06. The molecule has 0 aliphatic carbocycles. The van der Waals surface area contributed by atoms with Crippen LogP contribution in [0.25, 0.3) is 22.0 Å². The number of hydrogen-bond acceptors (Lipinski definition) is 9. The van der Waals surface area contributed by atoms with Crippen molar-refractivity contribution in [3.8, 4) is 17.0 Å². The van der Waals surface area contributed by atoms with Crippen LogP contribution in [0.4, 0.5) is 10.6 Å². The van der Waals surface area contributed by atoms with E-state index in [2.05, 4.69) is 19.9 Å². The predicted octanol–water partition coefficient (Wildman–Crippen LogP) is 3.81. The Kier molecular flexibility index (Phi) is 6.98. The van der Waals surface area contributed by atoms with E-state index in [-0.39, 0.29) is 16.9 Å². The van der Waals surface area contributed by atoms with Crippen LogP contribution in [0.3, 0.4) is 0 Å². The second-order valence-electron chi connectivity index (χ2n) is 9.50.